The fourth-order valence-corrected chi connectivity index (χ4v) is 4.83. The number of thioether (sulfide) groups is 1. The Labute approximate surface area is 223 Å². The van der Waals surface area contributed by atoms with Gasteiger partial charge in [0.15, 0.2) is 5.82 Å². The van der Waals surface area contributed by atoms with Gasteiger partial charge in [0.05, 0.1) is 16.9 Å². The highest BCUT2D eigenvalue weighted by atomic mass is 79.9. The number of nitrogens with one attached hydrogen (secondary N) is 4. The van der Waals surface area contributed by atoms with Gasteiger partial charge >= 0.3 is 5.76 Å². The number of benzene rings is 3. The number of aromatic amines is 2. The van der Waals surface area contributed by atoms with Gasteiger partial charge in [-0.25, -0.2) is 4.79 Å². The average molecular weight is 578 g/mol. The number of halogens is 1. The maximum Gasteiger partial charge on any atom is 0.439 e. The summed E-state index contributed by atoms with van der Waals surface area (Å²) in [5.74, 6) is -0.217. The molecule has 0 aliphatic rings. The van der Waals surface area contributed by atoms with Crippen LogP contribution in [0.25, 0.3) is 22.3 Å². The monoisotopic (exact) mass is 577 g/mol. The SMILES string of the molecule is CCSc1ccc(C(=O)Nc2cccc3cc(C(=O)Nc4ccc(Br)cc4-c4noc(=O)[nH]4)[nH]c23)cc1. The van der Waals surface area contributed by atoms with Crippen LogP contribution in [0.2, 0.25) is 0 Å². The van der Waals surface area contributed by atoms with Gasteiger partial charge in [-0.3, -0.25) is 19.1 Å². The molecule has 9 nitrogen and oxygen atoms in total. The first-order valence-corrected chi connectivity index (χ1v) is 13.0. The molecule has 0 unspecified atom stereocenters. The number of H-pyrrole nitrogens is 2. The number of aromatic nitrogens is 3. The molecule has 0 bridgehead atoms. The summed E-state index contributed by atoms with van der Waals surface area (Å²) in [5.41, 5.74) is 2.90. The van der Waals surface area contributed by atoms with Crippen LogP contribution < -0.4 is 16.4 Å². The van der Waals surface area contributed by atoms with Gasteiger partial charge < -0.3 is 15.6 Å². The average Bonchev–Trinajstić information content (AvgIpc) is 3.53. The maximum absolute atomic E-state index is 13.1. The van der Waals surface area contributed by atoms with Gasteiger partial charge in [-0.2, -0.15) is 0 Å². The highest BCUT2D eigenvalue weighted by Gasteiger charge is 2.17. The third-order valence-electron chi connectivity index (χ3n) is 5.50. The van der Waals surface area contributed by atoms with Gasteiger partial charge in [0.2, 0.25) is 0 Å². The van der Waals surface area contributed by atoms with Gasteiger partial charge in [-0.05, 0) is 60.4 Å². The van der Waals surface area contributed by atoms with E-state index < -0.39 is 11.7 Å². The minimum atomic E-state index is -0.701. The van der Waals surface area contributed by atoms with Crippen LogP contribution in [0.15, 0.2) is 85.4 Å². The van der Waals surface area contributed by atoms with Gasteiger partial charge in [0.25, 0.3) is 11.8 Å². The molecule has 2 heterocycles. The highest BCUT2D eigenvalue weighted by Crippen LogP contribution is 2.30. The molecule has 0 radical (unpaired) electrons. The quantitative estimate of drug-likeness (QED) is 0.178. The number of nitrogens with zero attached hydrogens (tertiary/aromatic N) is 1. The number of hydrogen-bond donors (Lipinski definition) is 4. The van der Waals surface area contributed by atoms with E-state index in [4.69, 9.17) is 0 Å². The molecular formula is C26H20BrN5O4S. The number of carbonyl (C=O) groups excluding carboxylic acids is 2. The van der Waals surface area contributed by atoms with E-state index in [2.05, 4.69) is 53.1 Å². The van der Waals surface area contributed by atoms with Crippen molar-refractivity contribution in [2.45, 2.75) is 11.8 Å². The second kappa shape index (κ2) is 10.5. The van der Waals surface area contributed by atoms with E-state index in [1.807, 2.05) is 24.3 Å². The molecule has 3 aromatic carbocycles. The van der Waals surface area contributed by atoms with Crippen LogP contribution in [0.1, 0.15) is 27.8 Å². The maximum atomic E-state index is 13.1. The number of rotatable bonds is 7. The lowest BCUT2D eigenvalue weighted by Gasteiger charge is -2.09. The second-order valence-electron chi connectivity index (χ2n) is 7.95. The lowest BCUT2D eigenvalue weighted by atomic mass is 10.1. The molecule has 4 N–H and O–H groups in total. The zero-order valence-electron chi connectivity index (χ0n) is 19.4. The zero-order chi connectivity index (χ0) is 25.9. The van der Waals surface area contributed by atoms with Crippen LogP contribution in [0.4, 0.5) is 11.4 Å². The number of amides is 2. The topological polar surface area (TPSA) is 133 Å². The first-order valence-electron chi connectivity index (χ1n) is 11.2. The molecule has 5 aromatic rings. The van der Waals surface area contributed by atoms with E-state index in [-0.39, 0.29) is 11.7 Å². The fraction of sp³-hybridized carbons (Fsp3) is 0.0769. The van der Waals surface area contributed by atoms with Crippen molar-refractivity contribution in [3.63, 3.8) is 0 Å². The lowest BCUT2D eigenvalue weighted by Crippen LogP contribution is -2.13. The fourth-order valence-electron chi connectivity index (χ4n) is 3.80. The van der Waals surface area contributed by atoms with Crippen LogP contribution in [0.3, 0.4) is 0 Å². The molecule has 11 heteroatoms. The summed E-state index contributed by atoms with van der Waals surface area (Å²) >= 11 is 5.09. The molecule has 0 fully saturated rings. The van der Waals surface area contributed by atoms with Crippen molar-refractivity contribution >= 4 is 61.8 Å². The van der Waals surface area contributed by atoms with Crippen molar-refractivity contribution in [2.24, 2.45) is 0 Å². The van der Waals surface area contributed by atoms with Crippen molar-refractivity contribution in [2.75, 3.05) is 16.4 Å². The normalized spacial score (nSPS) is 11.0. The Morgan fingerprint density at radius 3 is 2.49 bits per heavy atom. The Morgan fingerprint density at radius 1 is 0.973 bits per heavy atom. The van der Waals surface area contributed by atoms with Crippen LogP contribution in [0, 0.1) is 0 Å². The standard InChI is InChI=1S/C26H20BrN5O4S/c1-2-37-17-9-6-14(7-10-17)24(33)30-20-5-3-4-15-12-21(28-22(15)20)25(34)29-19-11-8-16(27)13-18(19)23-31-26(35)36-32-23/h3-13,28H,2H2,1H3,(H,29,34)(H,30,33)(H,31,32,35). The first-order chi connectivity index (χ1) is 17.9. The molecule has 5 rings (SSSR count). The number of para-hydroxylation sites is 1. The van der Waals surface area contributed by atoms with E-state index in [1.165, 1.54) is 0 Å². The summed E-state index contributed by atoms with van der Waals surface area (Å²) in [6.45, 7) is 2.08. The summed E-state index contributed by atoms with van der Waals surface area (Å²) in [4.78, 5) is 44.1. The molecule has 0 saturated carbocycles. The van der Waals surface area contributed by atoms with Crippen LogP contribution in [0.5, 0.6) is 0 Å². The summed E-state index contributed by atoms with van der Waals surface area (Å²) < 4.78 is 5.34. The lowest BCUT2D eigenvalue weighted by molar-refractivity contribution is 0.101. The minimum absolute atomic E-state index is 0.185. The molecule has 0 aliphatic carbocycles. The van der Waals surface area contributed by atoms with Gasteiger partial charge in [0.1, 0.15) is 5.69 Å². The molecule has 2 amide bonds. The molecule has 0 aliphatic heterocycles. The van der Waals surface area contributed by atoms with Crippen LogP contribution in [-0.4, -0.2) is 32.7 Å². The van der Waals surface area contributed by atoms with E-state index >= 15 is 0 Å². The first kappa shape index (κ1) is 24.6. The van der Waals surface area contributed by atoms with Crippen LogP contribution >= 0.6 is 27.7 Å². The predicted octanol–water partition coefficient (Wildman–Crippen LogP) is 5.89. The van der Waals surface area contributed by atoms with Crippen molar-refractivity contribution in [1.82, 2.24) is 15.1 Å². The highest BCUT2D eigenvalue weighted by molar-refractivity contribution is 9.10. The van der Waals surface area contributed by atoms with E-state index in [1.54, 1.807) is 54.2 Å². The van der Waals surface area contributed by atoms with Gasteiger partial charge in [-0.15, -0.1) is 11.8 Å². The van der Waals surface area contributed by atoms with E-state index in [0.29, 0.717) is 33.7 Å². The molecule has 0 saturated heterocycles. The third-order valence-corrected chi connectivity index (χ3v) is 6.89. The van der Waals surface area contributed by atoms with Gasteiger partial charge in [0, 0.05) is 25.9 Å². The Morgan fingerprint density at radius 2 is 1.76 bits per heavy atom. The summed E-state index contributed by atoms with van der Waals surface area (Å²) in [6, 6.07) is 19.7. The number of fused-ring (bicyclic) bond motifs is 1. The van der Waals surface area contributed by atoms with Crippen molar-refractivity contribution in [3.8, 4) is 11.4 Å². The molecule has 37 heavy (non-hydrogen) atoms. The van der Waals surface area contributed by atoms with E-state index in [0.717, 1.165) is 20.5 Å². The Bertz CT molecular complexity index is 1670. The molecule has 0 spiro atoms. The second-order valence-corrected chi connectivity index (χ2v) is 10.2. The van der Waals surface area contributed by atoms with Crippen LogP contribution in [-0.2, 0) is 0 Å². The molecule has 186 valence electrons. The number of carbonyl (C=O) groups is 2. The Kier molecular flexibility index (Phi) is 6.97. The minimum Gasteiger partial charge on any atom is -0.349 e. The summed E-state index contributed by atoms with van der Waals surface area (Å²) in [7, 11) is 0. The molecule has 0 atom stereocenters. The number of hydrogen-bond acceptors (Lipinski definition) is 6. The predicted molar refractivity (Wildman–Crippen MR) is 147 cm³/mol. The molecule has 2 aromatic heterocycles. The van der Waals surface area contributed by atoms with Gasteiger partial charge in [-0.1, -0.05) is 40.1 Å². The van der Waals surface area contributed by atoms with E-state index in [9.17, 15) is 14.4 Å². The third kappa shape index (κ3) is 5.37. The summed E-state index contributed by atoms with van der Waals surface area (Å²) in [5, 5.41) is 10.2. The Balaban J connectivity index is 1.39. The molecular weight excluding hydrogens is 558 g/mol. The number of anilines is 2. The van der Waals surface area contributed by atoms with Crippen molar-refractivity contribution < 1.29 is 14.1 Å². The summed E-state index contributed by atoms with van der Waals surface area (Å²) in [6.07, 6.45) is 0. The smallest absolute Gasteiger partial charge is 0.349 e. The largest absolute Gasteiger partial charge is 0.439 e. The van der Waals surface area contributed by atoms with Crippen molar-refractivity contribution in [1.29, 1.82) is 0 Å². The zero-order valence-corrected chi connectivity index (χ0v) is 21.8. The van der Waals surface area contributed by atoms with Crippen molar-refractivity contribution in [3.05, 3.63) is 93.0 Å². The Hall–Kier alpha value is -4.09.